The lowest BCUT2D eigenvalue weighted by molar-refractivity contribution is -0.0380. The Kier molecular flexibility index (Phi) is 3.97. The minimum absolute atomic E-state index is 0.0297. The molecule has 1 aromatic carbocycles. The first-order valence-corrected chi connectivity index (χ1v) is 8.28. The summed E-state index contributed by atoms with van der Waals surface area (Å²) in [5, 5.41) is 0. The number of aliphatic imine (C=N–C) groups is 1. The van der Waals surface area contributed by atoms with Crippen molar-refractivity contribution in [2.45, 2.75) is 38.3 Å². The van der Waals surface area contributed by atoms with Crippen molar-refractivity contribution in [2.24, 2.45) is 16.6 Å². The predicted octanol–water partition coefficient (Wildman–Crippen LogP) is 3.16. The fourth-order valence-electron chi connectivity index (χ4n) is 3.34. The van der Waals surface area contributed by atoms with Crippen LogP contribution in [0.1, 0.15) is 26.7 Å². The fourth-order valence-corrected chi connectivity index (χ4v) is 3.73. The maximum Gasteiger partial charge on any atom is 0.196 e. The summed E-state index contributed by atoms with van der Waals surface area (Å²) in [7, 11) is 0. The highest BCUT2D eigenvalue weighted by Crippen LogP contribution is 2.40. The molecule has 21 heavy (non-hydrogen) atoms. The standard InChI is InChI=1S/C16H22BrN3O/c1-11(2)14-9-16(6-7-21-14)10-19-15(18)20(16)13-5-3-4-12(17)8-13/h3-5,8,11,14H,6-7,9-10H2,1-2H3,(H2,18,19). The van der Waals surface area contributed by atoms with Crippen LogP contribution in [-0.4, -0.2) is 30.8 Å². The lowest BCUT2D eigenvalue weighted by Crippen LogP contribution is -2.57. The molecular weight excluding hydrogens is 330 g/mol. The summed E-state index contributed by atoms with van der Waals surface area (Å²) in [5.74, 6) is 1.13. The van der Waals surface area contributed by atoms with Gasteiger partial charge in [-0.3, -0.25) is 4.99 Å². The van der Waals surface area contributed by atoms with Crippen LogP contribution < -0.4 is 10.6 Å². The molecule has 2 atom stereocenters. The summed E-state index contributed by atoms with van der Waals surface area (Å²) in [6.45, 7) is 5.96. The zero-order chi connectivity index (χ0) is 15.0. The van der Waals surface area contributed by atoms with Crippen LogP contribution in [-0.2, 0) is 4.74 Å². The highest BCUT2D eigenvalue weighted by atomic mass is 79.9. The molecule has 2 heterocycles. The molecule has 1 saturated heterocycles. The van der Waals surface area contributed by atoms with Crippen molar-refractivity contribution in [3.63, 3.8) is 0 Å². The number of nitrogens with two attached hydrogens (primary N) is 1. The molecule has 4 nitrogen and oxygen atoms in total. The summed E-state index contributed by atoms with van der Waals surface area (Å²) in [4.78, 5) is 6.76. The molecule has 0 aliphatic carbocycles. The molecule has 0 aromatic heterocycles. The second kappa shape index (κ2) is 5.61. The molecule has 5 heteroatoms. The Morgan fingerprint density at radius 2 is 2.29 bits per heavy atom. The summed E-state index contributed by atoms with van der Waals surface area (Å²) >= 11 is 3.54. The summed E-state index contributed by atoms with van der Waals surface area (Å²) in [5.41, 5.74) is 7.28. The van der Waals surface area contributed by atoms with Gasteiger partial charge in [0.2, 0.25) is 0 Å². The van der Waals surface area contributed by atoms with Crippen molar-refractivity contribution in [3.8, 4) is 0 Å². The Bertz CT molecular complexity index is 560. The van der Waals surface area contributed by atoms with Gasteiger partial charge in [0, 0.05) is 16.8 Å². The van der Waals surface area contributed by atoms with Gasteiger partial charge in [0.05, 0.1) is 18.2 Å². The number of hydrogen-bond donors (Lipinski definition) is 1. The van der Waals surface area contributed by atoms with E-state index < -0.39 is 0 Å². The Morgan fingerprint density at radius 1 is 1.48 bits per heavy atom. The van der Waals surface area contributed by atoms with E-state index in [0.717, 1.165) is 36.2 Å². The Morgan fingerprint density at radius 3 is 3.00 bits per heavy atom. The molecule has 2 aliphatic heterocycles. The molecular formula is C16H22BrN3O. The average Bonchev–Trinajstić information content (AvgIpc) is 2.75. The van der Waals surface area contributed by atoms with E-state index in [1.165, 1.54) is 0 Å². The third kappa shape index (κ3) is 2.69. The van der Waals surface area contributed by atoms with Gasteiger partial charge in [0.1, 0.15) is 0 Å². The highest BCUT2D eigenvalue weighted by molar-refractivity contribution is 9.10. The Labute approximate surface area is 134 Å². The van der Waals surface area contributed by atoms with Gasteiger partial charge in [-0.05, 0) is 37.0 Å². The van der Waals surface area contributed by atoms with E-state index in [9.17, 15) is 0 Å². The summed E-state index contributed by atoms with van der Waals surface area (Å²) in [6, 6.07) is 8.27. The van der Waals surface area contributed by atoms with Gasteiger partial charge < -0.3 is 15.4 Å². The molecule has 1 fully saturated rings. The van der Waals surface area contributed by atoms with Crippen molar-refractivity contribution in [1.82, 2.24) is 0 Å². The number of anilines is 1. The number of ether oxygens (including phenoxy) is 1. The van der Waals surface area contributed by atoms with Crippen LogP contribution in [0.25, 0.3) is 0 Å². The molecule has 0 saturated carbocycles. The molecule has 0 radical (unpaired) electrons. The third-order valence-electron chi connectivity index (χ3n) is 4.53. The lowest BCUT2D eigenvalue weighted by atomic mass is 9.82. The van der Waals surface area contributed by atoms with E-state index in [1.807, 2.05) is 12.1 Å². The van der Waals surface area contributed by atoms with Crippen LogP contribution in [0.3, 0.4) is 0 Å². The quantitative estimate of drug-likeness (QED) is 0.890. The van der Waals surface area contributed by atoms with Crippen LogP contribution in [0.15, 0.2) is 33.7 Å². The fraction of sp³-hybridized carbons (Fsp3) is 0.562. The second-order valence-corrected chi connectivity index (χ2v) is 7.24. The summed E-state index contributed by atoms with van der Waals surface area (Å²) in [6.07, 6.45) is 2.21. The van der Waals surface area contributed by atoms with E-state index in [0.29, 0.717) is 11.9 Å². The SMILES string of the molecule is CC(C)C1CC2(CCO1)CN=C(N)N2c1cccc(Br)c1. The zero-order valence-corrected chi connectivity index (χ0v) is 14.1. The number of rotatable bonds is 2. The number of halogens is 1. The second-order valence-electron chi connectivity index (χ2n) is 6.32. The van der Waals surface area contributed by atoms with Crippen molar-refractivity contribution in [2.75, 3.05) is 18.1 Å². The maximum absolute atomic E-state index is 6.21. The topological polar surface area (TPSA) is 50.9 Å². The van der Waals surface area contributed by atoms with E-state index in [2.05, 4.69) is 51.8 Å². The van der Waals surface area contributed by atoms with Crippen LogP contribution >= 0.6 is 15.9 Å². The molecule has 3 rings (SSSR count). The highest BCUT2D eigenvalue weighted by Gasteiger charge is 2.47. The van der Waals surface area contributed by atoms with Gasteiger partial charge in [-0.15, -0.1) is 0 Å². The van der Waals surface area contributed by atoms with Gasteiger partial charge >= 0.3 is 0 Å². The van der Waals surface area contributed by atoms with Gasteiger partial charge in [0.15, 0.2) is 5.96 Å². The normalized spacial score (nSPS) is 29.2. The zero-order valence-electron chi connectivity index (χ0n) is 12.6. The smallest absolute Gasteiger partial charge is 0.196 e. The average molecular weight is 352 g/mol. The minimum atomic E-state index is -0.0297. The van der Waals surface area contributed by atoms with E-state index in [-0.39, 0.29) is 11.6 Å². The van der Waals surface area contributed by atoms with Gasteiger partial charge in [-0.1, -0.05) is 35.8 Å². The monoisotopic (exact) mass is 351 g/mol. The van der Waals surface area contributed by atoms with E-state index in [1.54, 1.807) is 0 Å². The minimum Gasteiger partial charge on any atom is -0.378 e. The number of guanidine groups is 1. The molecule has 2 aliphatic rings. The van der Waals surface area contributed by atoms with E-state index >= 15 is 0 Å². The molecule has 1 spiro atoms. The summed E-state index contributed by atoms with van der Waals surface area (Å²) < 4.78 is 7.00. The molecule has 114 valence electrons. The number of nitrogens with zero attached hydrogens (tertiary/aromatic N) is 2. The van der Waals surface area contributed by atoms with Crippen LogP contribution in [0.5, 0.6) is 0 Å². The Hall–Kier alpha value is -1.07. The molecule has 2 unspecified atom stereocenters. The van der Waals surface area contributed by atoms with Gasteiger partial charge in [-0.2, -0.15) is 0 Å². The molecule has 1 aromatic rings. The third-order valence-corrected chi connectivity index (χ3v) is 5.02. The van der Waals surface area contributed by atoms with Gasteiger partial charge in [0.25, 0.3) is 0 Å². The van der Waals surface area contributed by atoms with Crippen molar-refractivity contribution in [1.29, 1.82) is 0 Å². The molecule has 0 bridgehead atoms. The van der Waals surface area contributed by atoms with Crippen LogP contribution in [0.2, 0.25) is 0 Å². The largest absolute Gasteiger partial charge is 0.378 e. The van der Waals surface area contributed by atoms with Gasteiger partial charge in [-0.25, -0.2) is 0 Å². The van der Waals surface area contributed by atoms with E-state index in [4.69, 9.17) is 10.5 Å². The first-order chi connectivity index (χ1) is 10.0. The number of hydrogen-bond acceptors (Lipinski definition) is 4. The Balaban J connectivity index is 1.94. The first-order valence-electron chi connectivity index (χ1n) is 7.49. The maximum atomic E-state index is 6.21. The van der Waals surface area contributed by atoms with Crippen molar-refractivity contribution < 1.29 is 4.74 Å². The first kappa shape index (κ1) is 14.9. The van der Waals surface area contributed by atoms with Crippen molar-refractivity contribution in [3.05, 3.63) is 28.7 Å². The molecule has 0 amide bonds. The van der Waals surface area contributed by atoms with Crippen LogP contribution in [0.4, 0.5) is 5.69 Å². The molecule has 2 N–H and O–H groups in total. The lowest BCUT2D eigenvalue weighted by Gasteiger charge is -2.45. The van der Waals surface area contributed by atoms with Crippen molar-refractivity contribution >= 4 is 27.6 Å². The predicted molar refractivity (Wildman–Crippen MR) is 89.7 cm³/mol. The number of benzene rings is 1. The van der Waals surface area contributed by atoms with Crippen LogP contribution in [0, 0.1) is 5.92 Å².